The first-order chi connectivity index (χ1) is 13.2. The zero-order chi connectivity index (χ0) is 20.5. The minimum atomic E-state index is -4.87. The molecule has 1 unspecified atom stereocenters. The Bertz CT molecular complexity index is 994. The van der Waals surface area contributed by atoms with Crippen LogP contribution in [0.1, 0.15) is 11.3 Å². The molecule has 0 aliphatic heterocycles. The van der Waals surface area contributed by atoms with Crippen molar-refractivity contribution >= 4 is 22.2 Å². The molecule has 2 aromatic heterocycles. The highest BCUT2D eigenvalue weighted by molar-refractivity contribution is 7.90. The van der Waals surface area contributed by atoms with Crippen LogP contribution in [-0.2, 0) is 16.9 Å². The summed E-state index contributed by atoms with van der Waals surface area (Å²) in [6, 6.07) is 4.05. The Morgan fingerprint density at radius 2 is 1.82 bits per heavy atom. The van der Waals surface area contributed by atoms with Gasteiger partial charge in [-0.25, -0.2) is 0 Å². The first kappa shape index (κ1) is 20.1. The van der Waals surface area contributed by atoms with E-state index in [-0.39, 0.29) is 22.2 Å². The van der Waals surface area contributed by atoms with Crippen LogP contribution in [-0.4, -0.2) is 40.1 Å². The first-order valence-electron chi connectivity index (χ1n) is 7.91. The number of aromatic amines is 1. The number of benzene rings is 1. The minimum absolute atomic E-state index is 0.0551. The molecule has 0 amide bonds. The van der Waals surface area contributed by atoms with E-state index < -0.39 is 23.3 Å². The van der Waals surface area contributed by atoms with E-state index >= 15 is 0 Å². The number of fused-ring (bicyclic) bond motifs is 1. The monoisotopic (exact) mass is 415 g/mol. The molecule has 0 fully saturated rings. The summed E-state index contributed by atoms with van der Waals surface area (Å²) in [5.41, 5.74) is 1.90. The van der Waals surface area contributed by atoms with Crippen LogP contribution in [0.15, 0.2) is 29.6 Å². The predicted octanol–water partition coefficient (Wildman–Crippen LogP) is 3.49. The summed E-state index contributed by atoms with van der Waals surface area (Å²) in [7, 11) is 2.74. The zero-order valence-corrected chi connectivity index (χ0v) is 15.9. The van der Waals surface area contributed by atoms with Crippen molar-refractivity contribution in [2.45, 2.75) is 24.2 Å². The van der Waals surface area contributed by atoms with Crippen LogP contribution in [0, 0.1) is 6.92 Å². The Labute approximate surface area is 161 Å². The van der Waals surface area contributed by atoms with Crippen LogP contribution in [0.3, 0.4) is 0 Å². The van der Waals surface area contributed by atoms with Gasteiger partial charge in [-0.05, 0) is 6.92 Å². The van der Waals surface area contributed by atoms with Gasteiger partial charge in [0, 0.05) is 41.1 Å². The molecule has 0 radical (unpaired) electrons. The third-order valence-electron chi connectivity index (χ3n) is 3.80. The van der Waals surface area contributed by atoms with Crippen LogP contribution < -0.4 is 14.2 Å². The lowest BCUT2D eigenvalue weighted by molar-refractivity contribution is -0.275. The average molecular weight is 415 g/mol. The number of H-pyrrole nitrogens is 1. The SMILES string of the molecule is COc1cc(C[S+]([O-])c2nc3cc(OC)c(OC(F)(F)F)cc3[nH]2)ncc1C. The van der Waals surface area contributed by atoms with E-state index in [0.717, 1.165) is 11.6 Å². The maximum Gasteiger partial charge on any atom is 0.573 e. The van der Waals surface area contributed by atoms with Gasteiger partial charge in [0.25, 0.3) is 0 Å². The number of nitrogens with one attached hydrogen (secondary N) is 1. The van der Waals surface area contributed by atoms with Crippen molar-refractivity contribution in [1.29, 1.82) is 0 Å². The number of nitrogens with zero attached hydrogens (tertiary/aromatic N) is 2. The third kappa shape index (κ3) is 4.42. The summed E-state index contributed by atoms with van der Waals surface area (Å²) in [6.07, 6.45) is -3.27. The molecule has 0 saturated carbocycles. The van der Waals surface area contributed by atoms with E-state index in [4.69, 9.17) is 9.47 Å². The minimum Gasteiger partial charge on any atom is -0.609 e. The summed E-state index contributed by atoms with van der Waals surface area (Å²) < 4.78 is 64.4. The average Bonchev–Trinajstić information content (AvgIpc) is 3.04. The van der Waals surface area contributed by atoms with E-state index in [9.17, 15) is 17.7 Å². The number of pyridine rings is 1. The van der Waals surface area contributed by atoms with E-state index in [0.29, 0.717) is 17.0 Å². The number of aryl methyl sites for hydroxylation is 1. The Morgan fingerprint density at radius 3 is 2.46 bits per heavy atom. The molecule has 150 valence electrons. The van der Waals surface area contributed by atoms with E-state index in [1.807, 2.05) is 6.92 Å². The van der Waals surface area contributed by atoms with Crippen molar-refractivity contribution in [2.24, 2.45) is 0 Å². The van der Waals surface area contributed by atoms with Gasteiger partial charge in [-0.3, -0.25) is 9.97 Å². The molecule has 2 heterocycles. The number of aromatic nitrogens is 3. The van der Waals surface area contributed by atoms with Crippen LogP contribution >= 0.6 is 0 Å². The Hall–Kier alpha value is -2.66. The molecule has 0 spiro atoms. The molecular formula is C17H16F3N3O4S. The molecule has 0 saturated heterocycles. The summed E-state index contributed by atoms with van der Waals surface area (Å²) in [4.78, 5) is 11.2. The predicted molar refractivity (Wildman–Crippen MR) is 95.0 cm³/mol. The summed E-state index contributed by atoms with van der Waals surface area (Å²) in [5.74, 6) is 0.0109. The van der Waals surface area contributed by atoms with Gasteiger partial charge < -0.3 is 18.8 Å². The molecule has 0 aliphatic rings. The van der Waals surface area contributed by atoms with Crippen molar-refractivity contribution < 1.29 is 31.9 Å². The molecule has 28 heavy (non-hydrogen) atoms. The molecule has 1 N–H and O–H groups in total. The number of ether oxygens (including phenoxy) is 3. The number of alkyl halides is 3. The van der Waals surface area contributed by atoms with Crippen LogP contribution in [0.4, 0.5) is 13.2 Å². The first-order valence-corrected chi connectivity index (χ1v) is 9.23. The molecule has 3 rings (SSSR count). The van der Waals surface area contributed by atoms with Crippen molar-refractivity contribution in [2.75, 3.05) is 14.2 Å². The number of imidazole rings is 1. The number of hydrogen-bond acceptors (Lipinski definition) is 6. The molecular weight excluding hydrogens is 399 g/mol. The molecule has 0 aliphatic carbocycles. The number of methoxy groups -OCH3 is 2. The molecule has 1 atom stereocenters. The van der Waals surface area contributed by atoms with Crippen molar-refractivity contribution in [3.05, 3.63) is 35.7 Å². The van der Waals surface area contributed by atoms with Crippen molar-refractivity contribution in [1.82, 2.24) is 15.0 Å². The third-order valence-corrected chi connectivity index (χ3v) is 4.98. The fraction of sp³-hybridized carbons (Fsp3) is 0.294. The molecule has 3 aromatic rings. The summed E-state index contributed by atoms with van der Waals surface area (Å²) in [5, 5.41) is 0.0996. The Balaban J connectivity index is 1.88. The number of hydrogen-bond donors (Lipinski definition) is 1. The van der Waals surface area contributed by atoms with Crippen LogP contribution in [0.2, 0.25) is 0 Å². The maximum atomic E-state index is 12.6. The number of rotatable bonds is 6. The smallest absolute Gasteiger partial charge is 0.573 e. The highest BCUT2D eigenvalue weighted by Gasteiger charge is 2.33. The zero-order valence-electron chi connectivity index (χ0n) is 15.1. The van der Waals surface area contributed by atoms with Crippen LogP contribution in [0.25, 0.3) is 11.0 Å². The van der Waals surface area contributed by atoms with Gasteiger partial charge in [-0.15, -0.1) is 13.2 Å². The fourth-order valence-corrected chi connectivity index (χ4v) is 3.50. The fourth-order valence-electron chi connectivity index (χ4n) is 2.51. The summed E-state index contributed by atoms with van der Waals surface area (Å²) in [6.45, 7) is 1.83. The lowest BCUT2D eigenvalue weighted by Crippen LogP contribution is -2.17. The lowest BCUT2D eigenvalue weighted by atomic mass is 10.2. The van der Waals surface area contributed by atoms with Gasteiger partial charge >= 0.3 is 11.5 Å². The van der Waals surface area contributed by atoms with Gasteiger partial charge in [-0.2, -0.15) is 4.98 Å². The second-order valence-electron chi connectivity index (χ2n) is 5.75. The van der Waals surface area contributed by atoms with Gasteiger partial charge in [-0.1, -0.05) is 0 Å². The maximum absolute atomic E-state index is 12.6. The lowest BCUT2D eigenvalue weighted by Gasteiger charge is -2.12. The highest BCUT2D eigenvalue weighted by atomic mass is 32.2. The van der Waals surface area contributed by atoms with E-state index in [1.165, 1.54) is 20.3 Å². The van der Waals surface area contributed by atoms with Gasteiger partial charge in [0.1, 0.15) is 5.75 Å². The normalized spacial score (nSPS) is 12.8. The molecule has 11 heteroatoms. The highest BCUT2D eigenvalue weighted by Crippen LogP contribution is 2.35. The standard InChI is InChI=1S/C17H16F3N3O4S/c1-9-7-21-10(4-13(9)25-2)8-28(24)16-22-11-5-14(26-3)15(6-12(11)23-16)27-17(18,19)20/h4-7H,8H2,1-3H3,(H,22,23). The second kappa shape index (κ2) is 7.76. The second-order valence-corrected chi connectivity index (χ2v) is 7.11. The quantitative estimate of drug-likeness (QED) is 0.620. The van der Waals surface area contributed by atoms with Crippen LogP contribution in [0.5, 0.6) is 17.2 Å². The van der Waals surface area contributed by atoms with Crippen molar-refractivity contribution in [3.8, 4) is 17.2 Å². The van der Waals surface area contributed by atoms with E-state index in [1.54, 1.807) is 12.3 Å². The largest absolute Gasteiger partial charge is 0.609 e. The Morgan fingerprint density at radius 1 is 1.11 bits per heavy atom. The van der Waals surface area contributed by atoms with Gasteiger partial charge in [0.2, 0.25) is 0 Å². The van der Waals surface area contributed by atoms with Crippen molar-refractivity contribution in [3.63, 3.8) is 0 Å². The molecule has 0 bridgehead atoms. The topological polar surface area (TPSA) is 92.3 Å². The summed E-state index contributed by atoms with van der Waals surface area (Å²) >= 11 is -1.61. The number of halogens is 3. The van der Waals surface area contributed by atoms with Gasteiger partial charge in [0.15, 0.2) is 17.3 Å². The Kier molecular flexibility index (Phi) is 5.57. The van der Waals surface area contributed by atoms with Gasteiger partial charge in [0.05, 0.1) is 30.9 Å². The van der Waals surface area contributed by atoms with E-state index in [2.05, 4.69) is 19.7 Å². The molecule has 1 aromatic carbocycles. The molecule has 7 nitrogen and oxygen atoms in total.